The van der Waals surface area contributed by atoms with Crippen molar-refractivity contribution >= 4 is 5.91 Å². The molecule has 0 bridgehead atoms. The number of rotatable bonds is 4. The van der Waals surface area contributed by atoms with E-state index in [0.29, 0.717) is 18.7 Å². The second-order valence-corrected chi connectivity index (χ2v) is 4.04. The van der Waals surface area contributed by atoms with Crippen molar-refractivity contribution in [3.05, 3.63) is 35.4 Å². The summed E-state index contributed by atoms with van der Waals surface area (Å²) in [6.07, 6.45) is -7.23. The minimum absolute atomic E-state index is 0.238. The van der Waals surface area contributed by atoms with Crippen LogP contribution in [-0.4, -0.2) is 35.2 Å². The Balaban J connectivity index is 2.91. The molecule has 0 aliphatic rings. The molecular formula is C13H16F3NO2. The van der Waals surface area contributed by atoms with Crippen molar-refractivity contribution in [1.82, 2.24) is 4.90 Å². The number of nitrogens with zero attached hydrogens (tertiary/aromatic N) is 1. The SMILES string of the molecule is CCN(CC)C(=O)c1ccc(C(O)C(F)(F)F)cc1. The molecule has 0 fully saturated rings. The summed E-state index contributed by atoms with van der Waals surface area (Å²) >= 11 is 0. The molecule has 1 rings (SSSR count). The van der Waals surface area contributed by atoms with Crippen LogP contribution in [0.2, 0.25) is 0 Å². The minimum atomic E-state index is -4.70. The number of halogens is 3. The van der Waals surface area contributed by atoms with Crippen molar-refractivity contribution in [2.24, 2.45) is 0 Å². The third-order valence-corrected chi connectivity index (χ3v) is 2.83. The first-order valence-electron chi connectivity index (χ1n) is 5.95. The molecule has 0 aromatic heterocycles. The van der Waals surface area contributed by atoms with Gasteiger partial charge < -0.3 is 10.0 Å². The number of alkyl halides is 3. The number of aliphatic hydroxyl groups is 1. The lowest BCUT2D eigenvalue weighted by molar-refractivity contribution is -0.206. The zero-order valence-corrected chi connectivity index (χ0v) is 10.7. The summed E-state index contributed by atoms with van der Waals surface area (Å²) in [6.45, 7) is 4.71. The van der Waals surface area contributed by atoms with Gasteiger partial charge in [-0.1, -0.05) is 12.1 Å². The highest BCUT2D eigenvalue weighted by Gasteiger charge is 2.39. The highest BCUT2D eigenvalue weighted by atomic mass is 19.4. The third-order valence-electron chi connectivity index (χ3n) is 2.83. The van der Waals surface area contributed by atoms with Crippen molar-refractivity contribution in [3.63, 3.8) is 0 Å². The molecule has 3 nitrogen and oxygen atoms in total. The van der Waals surface area contributed by atoms with Gasteiger partial charge in [-0.25, -0.2) is 0 Å². The Kier molecular flexibility index (Phi) is 4.94. The van der Waals surface area contributed by atoms with E-state index >= 15 is 0 Å². The molecular weight excluding hydrogens is 259 g/mol. The van der Waals surface area contributed by atoms with Crippen LogP contribution < -0.4 is 0 Å². The van der Waals surface area contributed by atoms with Gasteiger partial charge >= 0.3 is 6.18 Å². The number of carbonyl (C=O) groups is 1. The number of aliphatic hydroxyl groups excluding tert-OH is 1. The monoisotopic (exact) mass is 275 g/mol. The van der Waals surface area contributed by atoms with Gasteiger partial charge in [0.2, 0.25) is 0 Å². The Morgan fingerprint density at radius 2 is 1.68 bits per heavy atom. The van der Waals surface area contributed by atoms with E-state index in [1.54, 1.807) is 4.90 Å². The minimum Gasteiger partial charge on any atom is -0.379 e. The van der Waals surface area contributed by atoms with Crippen molar-refractivity contribution < 1.29 is 23.1 Å². The predicted molar refractivity (Wildman–Crippen MR) is 64.7 cm³/mol. The van der Waals surface area contributed by atoms with Crippen molar-refractivity contribution in [1.29, 1.82) is 0 Å². The summed E-state index contributed by atoms with van der Waals surface area (Å²) in [5, 5.41) is 9.07. The zero-order chi connectivity index (χ0) is 14.6. The first kappa shape index (κ1) is 15.5. The van der Waals surface area contributed by atoms with Crippen LogP contribution in [0.1, 0.15) is 35.9 Å². The average molecular weight is 275 g/mol. The molecule has 0 aliphatic heterocycles. The van der Waals surface area contributed by atoms with E-state index in [0.717, 1.165) is 12.1 Å². The van der Waals surface area contributed by atoms with Crippen LogP contribution in [0.15, 0.2) is 24.3 Å². The van der Waals surface area contributed by atoms with Gasteiger partial charge in [0.15, 0.2) is 6.10 Å². The molecule has 1 amide bonds. The molecule has 106 valence electrons. The van der Waals surface area contributed by atoms with E-state index in [1.807, 2.05) is 13.8 Å². The molecule has 1 N–H and O–H groups in total. The van der Waals surface area contributed by atoms with Crippen molar-refractivity contribution in [2.75, 3.05) is 13.1 Å². The lowest BCUT2D eigenvalue weighted by Gasteiger charge is -2.19. The molecule has 0 spiro atoms. The molecule has 19 heavy (non-hydrogen) atoms. The van der Waals surface area contributed by atoms with Gasteiger partial charge in [0.05, 0.1) is 0 Å². The number of carbonyl (C=O) groups excluding carboxylic acids is 1. The van der Waals surface area contributed by atoms with Crippen molar-refractivity contribution in [2.45, 2.75) is 26.1 Å². The molecule has 0 aliphatic carbocycles. The summed E-state index contributed by atoms with van der Waals surface area (Å²) in [4.78, 5) is 13.5. The largest absolute Gasteiger partial charge is 0.418 e. The van der Waals surface area contributed by atoms with E-state index in [9.17, 15) is 18.0 Å². The predicted octanol–water partition coefficient (Wildman–Crippen LogP) is 2.76. The molecule has 1 unspecified atom stereocenters. The maximum atomic E-state index is 12.3. The Hall–Kier alpha value is -1.56. The first-order valence-corrected chi connectivity index (χ1v) is 5.95. The molecule has 0 saturated heterocycles. The maximum Gasteiger partial charge on any atom is 0.418 e. The van der Waals surface area contributed by atoms with Crippen LogP contribution in [0.5, 0.6) is 0 Å². The summed E-state index contributed by atoms with van der Waals surface area (Å²) < 4.78 is 36.9. The lowest BCUT2D eigenvalue weighted by atomic mass is 10.1. The Morgan fingerprint density at radius 1 is 1.21 bits per heavy atom. The van der Waals surface area contributed by atoms with E-state index in [4.69, 9.17) is 5.11 Å². The third kappa shape index (κ3) is 3.70. The topological polar surface area (TPSA) is 40.5 Å². The van der Waals surface area contributed by atoms with E-state index < -0.39 is 12.3 Å². The van der Waals surface area contributed by atoms with E-state index in [-0.39, 0.29) is 11.5 Å². The summed E-state index contributed by atoms with van der Waals surface area (Å²) in [5.74, 6) is -0.238. The second kappa shape index (κ2) is 6.06. The zero-order valence-electron chi connectivity index (χ0n) is 10.7. The van der Waals surface area contributed by atoms with Crippen LogP contribution in [0, 0.1) is 0 Å². The first-order chi connectivity index (χ1) is 8.81. The summed E-state index contributed by atoms with van der Waals surface area (Å²) in [6, 6.07) is 4.83. The molecule has 0 heterocycles. The van der Waals surface area contributed by atoms with E-state index in [2.05, 4.69) is 0 Å². The highest BCUT2D eigenvalue weighted by Crippen LogP contribution is 2.32. The van der Waals surface area contributed by atoms with E-state index in [1.165, 1.54) is 12.1 Å². The number of benzene rings is 1. The van der Waals surface area contributed by atoms with Crippen LogP contribution in [0.3, 0.4) is 0 Å². The highest BCUT2D eigenvalue weighted by molar-refractivity contribution is 5.94. The Morgan fingerprint density at radius 3 is 2.05 bits per heavy atom. The van der Waals surface area contributed by atoms with Gasteiger partial charge in [0.1, 0.15) is 0 Å². The Bertz CT molecular complexity index is 425. The molecule has 1 aromatic carbocycles. The quantitative estimate of drug-likeness (QED) is 0.918. The molecule has 6 heteroatoms. The normalized spacial score (nSPS) is 13.2. The van der Waals surface area contributed by atoms with Crippen LogP contribution in [0.4, 0.5) is 13.2 Å². The fourth-order valence-electron chi connectivity index (χ4n) is 1.69. The van der Waals surface area contributed by atoms with Gasteiger partial charge in [0, 0.05) is 18.7 Å². The number of amides is 1. The smallest absolute Gasteiger partial charge is 0.379 e. The average Bonchev–Trinajstić information content (AvgIpc) is 2.38. The lowest BCUT2D eigenvalue weighted by Crippen LogP contribution is -2.30. The molecule has 0 saturated carbocycles. The Labute approximate surface area is 109 Å². The van der Waals surface area contributed by atoms with Crippen LogP contribution in [-0.2, 0) is 0 Å². The number of hydrogen-bond donors (Lipinski definition) is 1. The second-order valence-electron chi connectivity index (χ2n) is 4.04. The number of hydrogen-bond acceptors (Lipinski definition) is 2. The van der Waals surface area contributed by atoms with Crippen LogP contribution in [0.25, 0.3) is 0 Å². The van der Waals surface area contributed by atoms with Gasteiger partial charge in [-0.2, -0.15) is 13.2 Å². The maximum absolute atomic E-state index is 12.3. The molecule has 1 atom stereocenters. The summed E-state index contributed by atoms with van der Waals surface area (Å²) in [5.41, 5.74) is 0.0328. The standard InChI is InChI=1S/C13H16F3NO2/c1-3-17(4-2)12(19)10-7-5-9(6-8-10)11(18)13(14,15)16/h5-8,11,18H,3-4H2,1-2H3. The van der Waals surface area contributed by atoms with Gasteiger partial charge in [0.25, 0.3) is 5.91 Å². The molecule has 1 aromatic rings. The van der Waals surface area contributed by atoms with Gasteiger partial charge in [-0.3, -0.25) is 4.79 Å². The summed E-state index contributed by atoms with van der Waals surface area (Å²) in [7, 11) is 0. The van der Waals surface area contributed by atoms with Crippen molar-refractivity contribution in [3.8, 4) is 0 Å². The van der Waals surface area contributed by atoms with Gasteiger partial charge in [-0.15, -0.1) is 0 Å². The van der Waals surface area contributed by atoms with Gasteiger partial charge in [-0.05, 0) is 31.5 Å². The fourth-order valence-corrected chi connectivity index (χ4v) is 1.69. The molecule has 0 radical (unpaired) electrons. The van der Waals surface area contributed by atoms with Crippen LogP contribution >= 0.6 is 0 Å². The fraction of sp³-hybridized carbons (Fsp3) is 0.462.